The van der Waals surface area contributed by atoms with E-state index in [0.717, 1.165) is 28.4 Å². The molecule has 0 atom stereocenters. The van der Waals surface area contributed by atoms with Crippen molar-refractivity contribution in [2.75, 3.05) is 0 Å². The Morgan fingerprint density at radius 2 is 0.789 bits per heavy atom. The van der Waals surface area contributed by atoms with Crippen molar-refractivity contribution in [3.05, 3.63) is 206 Å². The first kappa shape index (κ1) is 31.7. The van der Waals surface area contributed by atoms with Gasteiger partial charge in [-0.1, -0.05) is 146 Å². The first-order valence-electron chi connectivity index (χ1n) is 19.5. The number of aromatic nitrogens is 2. The predicted octanol–water partition coefficient (Wildman–Crippen LogP) is 14.7. The molecule has 0 bridgehead atoms. The fourth-order valence-corrected chi connectivity index (χ4v) is 9.00. The third kappa shape index (κ3) is 4.99. The highest BCUT2D eigenvalue weighted by molar-refractivity contribution is 6.13. The van der Waals surface area contributed by atoms with Gasteiger partial charge in [0.15, 0.2) is 11.5 Å². The van der Waals surface area contributed by atoms with Gasteiger partial charge in [0, 0.05) is 27.2 Å². The van der Waals surface area contributed by atoms with Crippen LogP contribution in [0.4, 0.5) is 0 Å². The monoisotopic (exact) mass is 726 g/mol. The summed E-state index contributed by atoms with van der Waals surface area (Å²) in [6.45, 7) is 0. The van der Waals surface area contributed by atoms with Crippen molar-refractivity contribution in [3.8, 4) is 67.4 Å². The molecule has 0 amide bonds. The number of nitrogens with zero attached hydrogens (tertiary/aromatic N) is 2. The molecule has 0 saturated carbocycles. The van der Waals surface area contributed by atoms with Crippen molar-refractivity contribution in [2.24, 2.45) is 0 Å². The minimum atomic E-state index is 0.877. The van der Waals surface area contributed by atoms with E-state index in [1.165, 1.54) is 82.6 Å². The second-order valence-electron chi connectivity index (χ2n) is 14.9. The van der Waals surface area contributed by atoms with Crippen LogP contribution in [0.15, 0.2) is 206 Å². The quantitative estimate of drug-likeness (QED) is 0.173. The third-order valence-corrected chi connectivity index (χ3v) is 11.7. The summed E-state index contributed by atoms with van der Waals surface area (Å²) in [6, 6.07) is 74.5. The number of hydrogen-bond acceptors (Lipinski definition) is 1. The number of ether oxygens (including phenoxy) is 1. The molecule has 3 nitrogen and oxygen atoms in total. The van der Waals surface area contributed by atoms with E-state index in [-0.39, 0.29) is 0 Å². The maximum atomic E-state index is 6.34. The molecule has 0 N–H and O–H groups in total. The van der Waals surface area contributed by atoms with Gasteiger partial charge in [0.25, 0.3) is 0 Å². The minimum Gasteiger partial charge on any atom is -0.453 e. The molecular weight excluding hydrogens is 693 g/mol. The second kappa shape index (κ2) is 12.5. The molecule has 0 unspecified atom stereocenters. The van der Waals surface area contributed by atoms with Crippen LogP contribution in [0.2, 0.25) is 0 Å². The number of hydrogen-bond donors (Lipinski definition) is 0. The first-order chi connectivity index (χ1) is 28.2. The maximum absolute atomic E-state index is 6.34. The van der Waals surface area contributed by atoms with E-state index < -0.39 is 0 Å². The Morgan fingerprint density at radius 1 is 0.281 bits per heavy atom. The number of para-hydroxylation sites is 3. The van der Waals surface area contributed by atoms with Gasteiger partial charge in [-0.2, -0.15) is 0 Å². The fraction of sp³-hybridized carbons (Fsp3) is 0. The van der Waals surface area contributed by atoms with E-state index in [4.69, 9.17) is 4.74 Å². The molecule has 1 aliphatic rings. The highest BCUT2D eigenvalue weighted by Crippen LogP contribution is 2.46. The second-order valence-corrected chi connectivity index (χ2v) is 14.9. The van der Waals surface area contributed by atoms with Gasteiger partial charge in [-0.05, 0) is 105 Å². The van der Waals surface area contributed by atoms with Gasteiger partial charge in [0.1, 0.15) is 0 Å². The summed E-state index contributed by atoms with van der Waals surface area (Å²) >= 11 is 0. The molecule has 0 aliphatic carbocycles. The molecule has 2 aromatic heterocycles. The average molecular weight is 727 g/mol. The van der Waals surface area contributed by atoms with Crippen LogP contribution in [-0.2, 0) is 0 Å². The van der Waals surface area contributed by atoms with Crippen LogP contribution < -0.4 is 4.74 Å². The predicted molar refractivity (Wildman–Crippen MR) is 237 cm³/mol. The van der Waals surface area contributed by atoms with Crippen molar-refractivity contribution in [2.45, 2.75) is 0 Å². The zero-order chi connectivity index (χ0) is 37.5. The number of benzene rings is 9. The number of rotatable bonds is 5. The Labute approximate surface area is 329 Å². The summed E-state index contributed by atoms with van der Waals surface area (Å²) in [5.74, 6) is 1.77. The topological polar surface area (TPSA) is 19.1 Å². The van der Waals surface area contributed by atoms with E-state index in [2.05, 4.69) is 203 Å². The summed E-state index contributed by atoms with van der Waals surface area (Å²) in [5.41, 5.74) is 16.5. The van der Waals surface area contributed by atoms with Gasteiger partial charge in [-0.15, -0.1) is 0 Å². The molecule has 0 saturated heterocycles. The molecule has 11 aromatic rings. The molecule has 12 rings (SSSR count). The number of fused-ring (bicyclic) bond motifs is 8. The van der Waals surface area contributed by atoms with Crippen LogP contribution in [0.25, 0.3) is 99.5 Å². The van der Waals surface area contributed by atoms with Gasteiger partial charge in [0.2, 0.25) is 0 Å². The Hall–Kier alpha value is -7.62. The largest absolute Gasteiger partial charge is 0.453 e. The summed E-state index contributed by atoms with van der Waals surface area (Å²) in [4.78, 5) is 0. The summed E-state index contributed by atoms with van der Waals surface area (Å²) in [6.07, 6.45) is 0. The van der Waals surface area contributed by atoms with Gasteiger partial charge in [-0.3, -0.25) is 0 Å². The third-order valence-electron chi connectivity index (χ3n) is 11.7. The maximum Gasteiger partial charge on any atom is 0.152 e. The normalized spacial score (nSPS) is 12.0. The van der Waals surface area contributed by atoms with Crippen LogP contribution in [-0.4, -0.2) is 9.13 Å². The first-order valence-corrected chi connectivity index (χ1v) is 19.5. The Balaban J connectivity index is 0.949. The smallest absolute Gasteiger partial charge is 0.152 e. The van der Waals surface area contributed by atoms with E-state index in [0.29, 0.717) is 0 Å². The van der Waals surface area contributed by atoms with Crippen LogP contribution in [0.5, 0.6) is 11.5 Å². The standard InChI is InChI=1S/C54H34N2O/c1-3-11-35(12-4-1)40-26-29-48-46(32-40)47-33-41(36-13-5-2-6-14-36)27-30-49(47)55(48)43-16-9-15-39(31-43)37-21-23-38(24-22-37)42-25-28-44-45-17-10-20-53-54(45)56(51(44)34-42)50-18-7-8-19-52(50)57-53/h1-34H. The van der Waals surface area contributed by atoms with E-state index in [9.17, 15) is 0 Å². The minimum absolute atomic E-state index is 0.877. The molecule has 3 heterocycles. The molecule has 266 valence electrons. The van der Waals surface area contributed by atoms with Gasteiger partial charge < -0.3 is 13.9 Å². The molecule has 0 radical (unpaired) electrons. The lowest BCUT2D eigenvalue weighted by Gasteiger charge is -2.20. The lowest BCUT2D eigenvalue weighted by molar-refractivity contribution is 0.476. The zero-order valence-electron chi connectivity index (χ0n) is 30.9. The van der Waals surface area contributed by atoms with Crippen molar-refractivity contribution in [3.63, 3.8) is 0 Å². The molecule has 0 spiro atoms. The van der Waals surface area contributed by atoms with Crippen LogP contribution in [0.3, 0.4) is 0 Å². The van der Waals surface area contributed by atoms with Crippen LogP contribution in [0.1, 0.15) is 0 Å². The Kier molecular flexibility index (Phi) is 6.93. The van der Waals surface area contributed by atoms with Gasteiger partial charge >= 0.3 is 0 Å². The van der Waals surface area contributed by atoms with Gasteiger partial charge in [-0.25, -0.2) is 0 Å². The van der Waals surface area contributed by atoms with Crippen molar-refractivity contribution in [1.82, 2.24) is 9.13 Å². The summed E-state index contributed by atoms with van der Waals surface area (Å²) < 4.78 is 11.1. The Morgan fingerprint density at radius 3 is 1.47 bits per heavy atom. The van der Waals surface area contributed by atoms with Crippen molar-refractivity contribution < 1.29 is 4.74 Å². The van der Waals surface area contributed by atoms with E-state index in [1.807, 2.05) is 12.1 Å². The highest BCUT2D eigenvalue weighted by Gasteiger charge is 2.23. The lowest BCUT2D eigenvalue weighted by atomic mass is 9.99. The van der Waals surface area contributed by atoms with Crippen LogP contribution >= 0.6 is 0 Å². The Bertz CT molecular complexity index is 3260. The zero-order valence-corrected chi connectivity index (χ0v) is 30.9. The van der Waals surface area contributed by atoms with Crippen molar-refractivity contribution >= 4 is 43.6 Å². The molecule has 0 fully saturated rings. The molecule has 57 heavy (non-hydrogen) atoms. The molecule has 1 aliphatic heterocycles. The van der Waals surface area contributed by atoms with E-state index >= 15 is 0 Å². The molecule has 9 aromatic carbocycles. The fourth-order valence-electron chi connectivity index (χ4n) is 9.00. The molecular formula is C54H34N2O. The lowest BCUT2D eigenvalue weighted by Crippen LogP contribution is -2.03. The highest BCUT2D eigenvalue weighted by atomic mass is 16.5. The van der Waals surface area contributed by atoms with E-state index in [1.54, 1.807) is 0 Å². The average Bonchev–Trinajstić information content (AvgIpc) is 3.80. The SMILES string of the molecule is c1ccc(-c2ccc3c(c2)c2cc(-c4ccccc4)ccc2n3-c2cccc(-c3ccc(-c4ccc5c6cccc7c6n(c5c4)-c4ccccc4O7)cc3)c2)cc1. The van der Waals surface area contributed by atoms with Crippen molar-refractivity contribution in [1.29, 1.82) is 0 Å². The van der Waals surface area contributed by atoms with Crippen LogP contribution in [0, 0.1) is 0 Å². The molecule has 3 heteroatoms. The summed E-state index contributed by atoms with van der Waals surface area (Å²) in [7, 11) is 0. The van der Waals surface area contributed by atoms with Gasteiger partial charge in [0.05, 0.1) is 27.8 Å². The summed E-state index contributed by atoms with van der Waals surface area (Å²) in [5, 5.41) is 4.92.